The Labute approximate surface area is 139 Å². The number of hydrogen-bond donors (Lipinski definition) is 2. The summed E-state index contributed by atoms with van der Waals surface area (Å²) < 4.78 is 12.8. The van der Waals surface area contributed by atoms with E-state index >= 15 is 0 Å². The molecule has 4 N–H and O–H groups in total. The molecule has 2 aromatic carbocycles. The van der Waals surface area contributed by atoms with Crippen LogP contribution < -0.4 is 21.8 Å². The number of hydrogen-bond acceptors (Lipinski definition) is 4. The first-order valence-corrected chi connectivity index (χ1v) is 9.94. The van der Waals surface area contributed by atoms with E-state index in [1.165, 1.54) is 0 Å². The summed E-state index contributed by atoms with van der Waals surface area (Å²) in [6.45, 7) is 2.40. The van der Waals surface area contributed by atoms with Gasteiger partial charge in [-0.1, -0.05) is 60.7 Å². The third-order valence-corrected chi connectivity index (χ3v) is 7.02. The normalized spacial score (nSPS) is 11.6. The largest absolute Gasteiger partial charge is 0.407 e. The lowest BCUT2D eigenvalue weighted by molar-refractivity contribution is 0.189. The van der Waals surface area contributed by atoms with Crippen molar-refractivity contribution in [2.45, 2.75) is 12.8 Å². The second-order valence-corrected chi connectivity index (χ2v) is 8.30. The molecule has 0 aliphatic carbocycles. The van der Waals surface area contributed by atoms with E-state index < -0.39 is 8.56 Å². The van der Waals surface area contributed by atoms with Crippen LogP contribution in [0, 0.1) is 0 Å². The maximum Gasteiger partial charge on any atom is 0.407 e. The quantitative estimate of drug-likeness (QED) is 0.503. The lowest BCUT2D eigenvalue weighted by atomic mass is 10.4. The molecule has 4 nitrogen and oxygen atoms in total. The first-order chi connectivity index (χ1) is 11.3. The molecule has 2 aromatic rings. The van der Waals surface area contributed by atoms with Crippen molar-refractivity contribution in [3.05, 3.63) is 60.7 Å². The first-order valence-electron chi connectivity index (χ1n) is 8.12. The fraction of sp³-hybridized carbons (Fsp3) is 0.333. The van der Waals surface area contributed by atoms with Gasteiger partial charge < -0.3 is 20.3 Å². The summed E-state index contributed by atoms with van der Waals surface area (Å²) in [5, 5.41) is 2.22. The van der Waals surface area contributed by atoms with Gasteiger partial charge in [-0.3, -0.25) is 0 Å². The maximum absolute atomic E-state index is 6.38. The van der Waals surface area contributed by atoms with Crippen LogP contribution in [-0.2, 0) is 8.85 Å². The number of benzene rings is 2. The average Bonchev–Trinajstić information content (AvgIpc) is 2.62. The third-order valence-electron chi connectivity index (χ3n) is 3.62. The Balaban J connectivity index is 2.39. The van der Waals surface area contributed by atoms with E-state index in [0.29, 0.717) is 26.3 Å². The molecule has 124 valence electrons. The molecule has 0 aliphatic heterocycles. The topological polar surface area (TPSA) is 70.5 Å². The fourth-order valence-corrected chi connectivity index (χ4v) is 5.66. The van der Waals surface area contributed by atoms with Gasteiger partial charge in [-0.15, -0.1) is 0 Å². The highest BCUT2D eigenvalue weighted by atomic mass is 28.4. The van der Waals surface area contributed by atoms with Gasteiger partial charge in [0.2, 0.25) is 0 Å². The highest BCUT2D eigenvalue weighted by Crippen LogP contribution is 2.11. The van der Waals surface area contributed by atoms with E-state index in [1.807, 2.05) is 36.4 Å². The van der Waals surface area contributed by atoms with Crippen LogP contribution in [0.25, 0.3) is 0 Å². The van der Waals surface area contributed by atoms with E-state index in [2.05, 4.69) is 24.3 Å². The van der Waals surface area contributed by atoms with Crippen molar-refractivity contribution in [1.82, 2.24) is 0 Å². The van der Waals surface area contributed by atoms with Gasteiger partial charge in [0.15, 0.2) is 0 Å². The molecular formula is C18H26N2O2Si. The minimum atomic E-state index is -2.73. The molecule has 0 radical (unpaired) electrons. The zero-order valence-corrected chi connectivity index (χ0v) is 14.5. The molecule has 0 unspecified atom stereocenters. The lowest BCUT2D eigenvalue weighted by Gasteiger charge is -2.31. The molecule has 0 fully saturated rings. The maximum atomic E-state index is 6.38. The molecule has 0 heterocycles. The van der Waals surface area contributed by atoms with Crippen LogP contribution in [0.2, 0.25) is 0 Å². The van der Waals surface area contributed by atoms with Crippen LogP contribution in [0.4, 0.5) is 0 Å². The summed E-state index contributed by atoms with van der Waals surface area (Å²) >= 11 is 0. The Morgan fingerprint density at radius 2 is 1.04 bits per heavy atom. The van der Waals surface area contributed by atoms with E-state index in [4.69, 9.17) is 20.3 Å². The van der Waals surface area contributed by atoms with Crippen molar-refractivity contribution in [1.29, 1.82) is 0 Å². The van der Waals surface area contributed by atoms with Crippen LogP contribution in [-0.4, -0.2) is 34.9 Å². The predicted molar refractivity (Wildman–Crippen MR) is 97.2 cm³/mol. The monoisotopic (exact) mass is 330 g/mol. The fourth-order valence-electron chi connectivity index (χ4n) is 2.46. The Morgan fingerprint density at radius 1 is 0.652 bits per heavy atom. The standard InChI is InChI=1S/C18H26N2O2Si/c19-13-7-15-21-23(22-16-8-14-20,17-9-3-1-4-10-17)18-11-5-2-6-12-18/h1-6,9-12H,7-8,13-16,19-20H2. The molecule has 23 heavy (non-hydrogen) atoms. The van der Waals surface area contributed by atoms with Gasteiger partial charge in [0.25, 0.3) is 0 Å². The van der Waals surface area contributed by atoms with Crippen molar-refractivity contribution in [2.75, 3.05) is 26.3 Å². The van der Waals surface area contributed by atoms with E-state index in [0.717, 1.165) is 23.2 Å². The molecule has 0 saturated carbocycles. The predicted octanol–water partition coefficient (Wildman–Crippen LogP) is 0.974. The summed E-state index contributed by atoms with van der Waals surface area (Å²) in [7, 11) is -2.73. The van der Waals surface area contributed by atoms with Crippen LogP contribution >= 0.6 is 0 Å². The zero-order chi connectivity index (χ0) is 16.4. The molecule has 0 spiro atoms. The Morgan fingerprint density at radius 3 is 1.39 bits per heavy atom. The molecule has 0 aliphatic rings. The molecule has 0 atom stereocenters. The zero-order valence-electron chi connectivity index (χ0n) is 13.5. The lowest BCUT2D eigenvalue weighted by Crippen LogP contribution is -2.63. The smallest absolute Gasteiger partial charge is 0.388 e. The van der Waals surface area contributed by atoms with Crippen molar-refractivity contribution < 1.29 is 8.85 Å². The summed E-state index contributed by atoms with van der Waals surface area (Å²) in [6.07, 6.45) is 1.63. The molecule has 0 amide bonds. The van der Waals surface area contributed by atoms with Crippen LogP contribution in [0.1, 0.15) is 12.8 Å². The van der Waals surface area contributed by atoms with Gasteiger partial charge in [-0.2, -0.15) is 0 Å². The second-order valence-electron chi connectivity index (χ2n) is 5.33. The Bertz CT molecular complexity index is 500. The minimum Gasteiger partial charge on any atom is -0.388 e. The Hall–Kier alpha value is -1.50. The summed E-state index contributed by atoms with van der Waals surface area (Å²) in [5.41, 5.74) is 11.3. The first kappa shape index (κ1) is 17.8. The molecule has 2 rings (SSSR count). The van der Waals surface area contributed by atoms with E-state index in [1.54, 1.807) is 0 Å². The number of rotatable bonds is 10. The summed E-state index contributed by atoms with van der Waals surface area (Å²) in [6, 6.07) is 20.5. The van der Waals surface area contributed by atoms with Gasteiger partial charge in [0, 0.05) is 13.2 Å². The minimum absolute atomic E-state index is 0.592. The van der Waals surface area contributed by atoms with Crippen molar-refractivity contribution in [2.24, 2.45) is 11.5 Å². The van der Waals surface area contributed by atoms with E-state index in [-0.39, 0.29) is 0 Å². The number of nitrogens with two attached hydrogens (primary N) is 2. The Kier molecular flexibility index (Phi) is 7.44. The molecule has 5 heteroatoms. The van der Waals surface area contributed by atoms with Crippen molar-refractivity contribution >= 4 is 18.9 Å². The molecule has 0 bridgehead atoms. The van der Waals surface area contributed by atoms with Gasteiger partial charge in [-0.25, -0.2) is 0 Å². The molecular weight excluding hydrogens is 304 g/mol. The van der Waals surface area contributed by atoms with E-state index in [9.17, 15) is 0 Å². The highest BCUT2D eigenvalue weighted by molar-refractivity contribution is 6.92. The summed E-state index contributed by atoms with van der Waals surface area (Å²) in [5.74, 6) is 0. The average molecular weight is 331 g/mol. The third kappa shape index (κ3) is 4.73. The van der Waals surface area contributed by atoms with Crippen LogP contribution in [0.15, 0.2) is 60.7 Å². The van der Waals surface area contributed by atoms with Gasteiger partial charge in [0.1, 0.15) is 0 Å². The van der Waals surface area contributed by atoms with Crippen molar-refractivity contribution in [3.63, 3.8) is 0 Å². The highest BCUT2D eigenvalue weighted by Gasteiger charge is 2.42. The molecule has 0 aromatic heterocycles. The van der Waals surface area contributed by atoms with Crippen LogP contribution in [0.3, 0.4) is 0 Å². The van der Waals surface area contributed by atoms with Crippen LogP contribution in [0.5, 0.6) is 0 Å². The van der Waals surface area contributed by atoms with Gasteiger partial charge in [-0.05, 0) is 36.3 Å². The second kappa shape index (κ2) is 9.59. The summed E-state index contributed by atoms with van der Waals surface area (Å²) in [4.78, 5) is 0. The SMILES string of the molecule is NCCCO[Si](OCCCN)(c1ccccc1)c1ccccc1. The van der Waals surface area contributed by atoms with Crippen molar-refractivity contribution in [3.8, 4) is 0 Å². The van der Waals surface area contributed by atoms with Gasteiger partial charge >= 0.3 is 8.56 Å². The molecule has 0 saturated heterocycles. The van der Waals surface area contributed by atoms with Gasteiger partial charge in [0.05, 0.1) is 0 Å².